The lowest BCUT2D eigenvalue weighted by Gasteiger charge is -2.63. The van der Waals surface area contributed by atoms with E-state index in [1.807, 2.05) is 0 Å². The van der Waals surface area contributed by atoms with Crippen LogP contribution >= 0.6 is 0 Å². The zero-order chi connectivity index (χ0) is 23.1. The SMILES string of the molecule is CCO[C@@H]1CC[C@@]2(C)[C@@H](CC[C@@H]3[C@@H]2[C@H](NCCC(C)C)C[C@]2(C)[C@@H](C(=O)OC)CC[C@@H]32)C1. The molecule has 0 spiro atoms. The van der Waals surface area contributed by atoms with Crippen molar-refractivity contribution in [2.24, 2.45) is 46.3 Å². The van der Waals surface area contributed by atoms with Gasteiger partial charge >= 0.3 is 5.97 Å². The number of hydrogen-bond acceptors (Lipinski definition) is 4. The quantitative estimate of drug-likeness (QED) is 0.498. The summed E-state index contributed by atoms with van der Waals surface area (Å²) < 4.78 is 11.4. The average Bonchev–Trinajstić information content (AvgIpc) is 3.10. The lowest BCUT2D eigenvalue weighted by Crippen LogP contribution is -2.62. The summed E-state index contributed by atoms with van der Waals surface area (Å²) >= 11 is 0. The molecule has 184 valence electrons. The number of ether oxygens (including phenoxy) is 2. The fourth-order valence-corrected chi connectivity index (χ4v) is 9.07. The van der Waals surface area contributed by atoms with E-state index in [1.54, 1.807) is 7.11 Å². The first kappa shape index (κ1) is 24.5. The molecule has 4 fully saturated rings. The van der Waals surface area contributed by atoms with Crippen LogP contribution in [0.25, 0.3) is 0 Å². The zero-order valence-corrected chi connectivity index (χ0v) is 21.6. The summed E-state index contributed by atoms with van der Waals surface area (Å²) in [6, 6.07) is 0.515. The van der Waals surface area contributed by atoms with Gasteiger partial charge in [-0.15, -0.1) is 0 Å². The highest BCUT2D eigenvalue weighted by molar-refractivity contribution is 5.74. The Morgan fingerprint density at radius 1 is 1.09 bits per heavy atom. The lowest BCUT2D eigenvalue weighted by atomic mass is 9.43. The van der Waals surface area contributed by atoms with E-state index < -0.39 is 0 Å². The number of rotatable bonds is 7. The normalized spacial score (nSPS) is 45.8. The molecule has 9 atom stereocenters. The van der Waals surface area contributed by atoms with Crippen molar-refractivity contribution in [1.29, 1.82) is 0 Å². The van der Waals surface area contributed by atoms with E-state index in [4.69, 9.17) is 9.47 Å². The third kappa shape index (κ3) is 4.17. The van der Waals surface area contributed by atoms with Gasteiger partial charge in [-0.3, -0.25) is 4.79 Å². The molecule has 0 saturated heterocycles. The topological polar surface area (TPSA) is 47.6 Å². The van der Waals surface area contributed by atoms with Crippen molar-refractivity contribution < 1.29 is 14.3 Å². The number of esters is 1. The minimum atomic E-state index is 0.0338. The van der Waals surface area contributed by atoms with Crippen molar-refractivity contribution in [3.63, 3.8) is 0 Å². The molecule has 4 rings (SSSR count). The Hall–Kier alpha value is -0.610. The second-order valence-electron chi connectivity index (χ2n) is 12.5. The molecule has 32 heavy (non-hydrogen) atoms. The van der Waals surface area contributed by atoms with Gasteiger partial charge in [-0.25, -0.2) is 0 Å². The van der Waals surface area contributed by atoms with Crippen LogP contribution in [0.4, 0.5) is 0 Å². The van der Waals surface area contributed by atoms with Crippen LogP contribution in [-0.2, 0) is 14.3 Å². The molecule has 0 amide bonds. The summed E-state index contributed by atoms with van der Waals surface area (Å²) in [5, 5.41) is 4.08. The maximum atomic E-state index is 12.8. The summed E-state index contributed by atoms with van der Waals surface area (Å²) in [6.45, 7) is 13.8. The largest absolute Gasteiger partial charge is 0.469 e. The number of nitrogens with one attached hydrogen (secondary N) is 1. The van der Waals surface area contributed by atoms with Crippen LogP contribution in [0.15, 0.2) is 0 Å². The van der Waals surface area contributed by atoms with Crippen LogP contribution in [0.5, 0.6) is 0 Å². The number of hydrogen-bond donors (Lipinski definition) is 1. The third-order valence-corrected chi connectivity index (χ3v) is 10.6. The molecule has 0 bridgehead atoms. The van der Waals surface area contributed by atoms with E-state index in [2.05, 4.69) is 39.9 Å². The Kier molecular flexibility index (Phi) is 7.33. The fraction of sp³-hybridized carbons (Fsp3) is 0.964. The minimum Gasteiger partial charge on any atom is -0.469 e. The maximum absolute atomic E-state index is 12.8. The van der Waals surface area contributed by atoms with E-state index in [1.165, 1.54) is 44.9 Å². The van der Waals surface area contributed by atoms with E-state index in [9.17, 15) is 4.79 Å². The summed E-state index contributed by atoms with van der Waals surface area (Å²) in [7, 11) is 1.58. The van der Waals surface area contributed by atoms with Gasteiger partial charge in [-0.1, -0.05) is 27.7 Å². The molecule has 4 heteroatoms. The molecular weight excluding hydrogens is 398 g/mol. The molecule has 0 unspecified atom stereocenters. The molecule has 4 aliphatic rings. The van der Waals surface area contributed by atoms with Crippen LogP contribution in [0.1, 0.15) is 92.4 Å². The van der Waals surface area contributed by atoms with Crippen LogP contribution in [0, 0.1) is 46.3 Å². The summed E-state index contributed by atoms with van der Waals surface area (Å²) in [5.74, 6) is 3.75. The molecule has 0 aromatic carbocycles. The van der Waals surface area contributed by atoms with Gasteiger partial charge in [-0.05, 0) is 112 Å². The van der Waals surface area contributed by atoms with Crippen LogP contribution in [-0.4, -0.2) is 38.4 Å². The maximum Gasteiger partial charge on any atom is 0.309 e. The molecule has 0 radical (unpaired) electrons. The Balaban J connectivity index is 1.62. The number of fused-ring (bicyclic) bond motifs is 5. The first-order valence-corrected chi connectivity index (χ1v) is 13.7. The predicted molar refractivity (Wildman–Crippen MR) is 129 cm³/mol. The van der Waals surface area contributed by atoms with Crippen molar-refractivity contribution in [1.82, 2.24) is 5.32 Å². The van der Waals surface area contributed by atoms with Gasteiger partial charge in [-0.2, -0.15) is 0 Å². The van der Waals surface area contributed by atoms with Gasteiger partial charge in [0.1, 0.15) is 0 Å². The second-order valence-corrected chi connectivity index (χ2v) is 12.5. The van der Waals surface area contributed by atoms with Gasteiger partial charge in [0.2, 0.25) is 0 Å². The predicted octanol–water partition coefficient (Wildman–Crippen LogP) is 5.84. The second kappa shape index (κ2) is 9.56. The first-order valence-electron chi connectivity index (χ1n) is 13.7. The third-order valence-electron chi connectivity index (χ3n) is 10.6. The molecule has 4 aliphatic carbocycles. The summed E-state index contributed by atoms with van der Waals surface area (Å²) in [6.07, 6.45) is 11.5. The highest BCUT2D eigenvalue weighted by Gasteiger charge is 2.64. The number of carbonyl (C=O) groups excluding carboxylic acids is 1. The Bertz CT molecular complexity index is 665. The molecule has 4 nitrogen and oxygen atoms in total. The fourth-order valence-electron chi connectivity index (χ4n) is 9.07. The van der Waals surface area contributed by atoms with Crippen molar-refractivity contribution in [3.8, 4) is 0 Å². The lowest BCUT2D eigenvalue weighted by molar-refractivity contribution is -0.163. The Labute approximate surface area is 197 Å². The number of methoxy groups -OCH3 is 1. The van der Waals surface area contributed by atoms with Gasteiger partial charge in [0.05, 0.1) is 19.1 Å². The molecule has 0 aliphatic heterocycles. The molecule has 0 heterocycles. The summed E-state index contributed by atoms with van der Waals surface area (Å²) in [5.41, 5.74) is 0.478. The van der Waals surface area contributed by atoms with Gasteiger partial charge in [0.15, 0.2) is 0 Å². The minimum absolute atomic E-state index is 0.0338. The van der Waals surface area contributed by atoms with Gasteiger partial charge in [0.25, 0.3) is 0 Å². The zero-order valence-electron chi connectivity index (χ0n) is 21.6. The van der Waals surface area contributed by atoms with E-state index >= 15 is 0 Å². The Morgan fingerprint density at radius 2 is 1.88 bits per heavy atom. The molecular formula is C28H49NO3. The molecule has 4 saturated carbocycles. The standard InChI is InChI=1S/C28H49NO3/c1-7-32-20-12-14-27(4)19(16-20)8-9-21-22-10-11-23(26(30)31-6)28(22,5)17-24(25(21)27)29-15-13-18(2)3/h18-25,29H,7-17H2,1-6H3/t19-,20+,21-,22-,23+,24+,25+,27-,28-/m0/s1. The first-order chi connectivity index (χ1) is 15.2. The highest BCUT2D eigenvalue weighted by atomic mass is 16.5. The van der Waals surface area contributed by atoms with Crippen molar-refractivity contribution in [2.45, 2.75) is 105 Å². The Morgan fingerprint density at radius 3 is 2.56 bits per heavy atom. The summed E-state index contributed by atoms with van der Waals surface area (Å²) in [4.78, 5) is 12.8. The molecule has 0 aromatic heterocycles. The van der Waals surface area contributed by atoms with Crippen LogP contribution in [0.2, 0.25) is 0 Å². The van der Waals surface area contributed by atoms with Gasteiger partial charge in [0, 0.05) is 12.6 Å². The van der Waals surface area contributed by atoms with Gasteiger partial charge < -0.3 is 14.8 Å². The van der Waals surface area contributed by atoms with Crippen LogP contribution in [0.3, 0.4) is 0 Å². The van der Waals surface area contributed by atoms with E-state index in [0.717, 1.165) is 49.7 Å². The number of carbonyl (C=O) groups is 1. The average molecular weight is 448 g/mol. The van der Waals surface area contributed by atoms with E-state index in [0.29, 0.717) is 23.5 Å². The molecule has 1 N–H and O–H groups in total. The molecule has 0 aromatic rings. The van der Waals surface area contributed by atoms with Crippen molar-refractivity contribution >= 4 is 5.97 Å². The van der Waals surface area contributed by atoms with Crippen molar-refractivity contribution in [2.75, 3.05) is 20.3 Å². The highest BCUT2D eigenvalue weighted by Crippen LogP contribution is 2.67. The smallest absolute Gasteiger partial charge is 0.309 e. The van der Waals surface area contributed by atoms with Crippen LogP contribution < -0.4 is 5.32 Å². The monoisotopic (exact) mass is 447 g/mol. The van der Waals surface area contributed by atoms with E-state index in [-0.39, 0.29) is 17.3 Å². The van der Waals surface area contributed by atoms with Crippen molar-refractivity contribution in [3.05, 3.63) is 0 Å².